The summed E-state index contributed by atoms with van der Waals surface area (Å²) in [5.41, 5.74) is 0. The van der Waals surface area contributed by atoms with Crippen LogP contribution in [0.15, 0.2) is 0 Å². The first-order chi connectivity index (χ1) is 6.33. The number of likely N-dealkylation sites (tertiary alicyclic amines) is 1. The second kappa shape index (κ2) is 3.56. The fourth-order valence-electron chi connectivity index (χ4n) is 2.45. The van der Waals surface area contributed by atoms with Crippen molar-refractivity contribution in [2.24, 2.45) is 5.92 Å². The number of hydrogen-bond acceptors (Lipinski definition) is 2. The van der Waals surface area contributed by atoms with E-state index in [1.807, 2.05) is 4.90 Å². The Labute approximate surface area is 79.0 Å². The van der Waals surface area contributed by atoms with Crippen LogP contribution in [0.25, 0.3) is 0 Å². The van der Waals surface area contributed by atoms with Crippen LogP contribution in [0.4, 0.5) is 4.79 Å². The highest BCUT2D eigenvalue weighted by atomic mass is 16.5. The number of carbonyl (C=O) groups excluding carboxylic acids is 1. The first kappa shape index (κ1) is 8.85. The fourth-order valence-corrected chi connectivity index (χ4v) is 2.45. The van der Waals surface area contributed by atoms with Gasteiger partial charge in [-0.15, -0.1) is 0 Å². The zero-order valence-corrected chi connectivity index (χ0v) is 8.16. The molecule has 1 atom stereocenters. The minimum absolute atomic E-state index is 0.130. The Morgan fingerprint density at radius 2 is 2.08 bits per heavy atom. The predicted molar refractivity (Wildman–Crippen MR) is 49.5 cm³/mol. The summed E-state index contributed by atoms with van der Waals surface area (Å²) >= 11 is 0. The van der Waals surface area contributed by atoms with E-state index in [0.29, 0.717) is 6.04 Å². The van der Waals surface area contributed by atoms with E-state index in [0.717, 1.165) is 18.9 Å². The summed E-state index contributed by atoms with van der Waals surface area (Å²) in [6.45, 7) is 0.897. The van der Waals surface area contributed by atoms with Crippen LogP contribution in [0, 0.1) is 5.92 Å². The number of amides is 1. The van der Waals surface area contributed by atoms with Crippen molar-refractivity contribution in [1.29, 1.82) is 0 Å². The molecule has 1 saturated heterocycles. The van der Waals surface area contributed by atoms with Gasteiger partial charge < -0.3 is 9.64 Å². The third-order valence-electron chi connectivity index (χ3n) is 3.40. The monoisotopic (exact) mass is 183 g/mol. The van der Waals surface area contributed by atoms with Crippen molar-refractivity contribution in [3.05, 3.63) is 0 Å². The van der Waals surface area contributed by atoms with Gasteiger partial charge in [-0.3, -0.25) is 0 Å². The van der Waals surface area contributed by atoms with Gasteiger partial charge in [-0.1, -0.05) is 6.42 Å². The van der Waals surface area contributed by atoms with Crippen LogP contribution in [-0.2, 0) is 4.74 Å². The molecule has 0 bridgehead atoms. The Kier molecular flexibility index (Phi) is 2.42. The number of nitrogens with zero attached hydrogens (tertiary/aromatic N) is 1. The first-order valence-corrected chi connectivity index (χ1v) is 5.17. The molecule has 0 N–H and O–H groups in total. The maximum Gasteiger partial charge on any atom is 0.409 e. The van der Waals surface area contributed by atoms with Crippen molar-refractivity contribution in [3.8, 4) is 0 Å². The van der Waals surface area contributed by atoms with Crippen LogP contribution in [0.1, 0.15) is 32.1 Å². The van der Waals surface area contributed by atoms with Crippen molar-refractivity contribution >= 4 is 6.09 Å². The average molecular weight is 183 g/mol. The number of hydrogen-bond donors (Lipinski definition) is 0. The molecule has 2 aliphatic rings. The van der Waals surface area contributed by atoms with Gasteiger partial charge in [0.25, 0.3) is 0 Å². The van der Waals surface area contributed by atoms with Gasteiger partial charge in [-0.2, -0.15) is 0 Å². The smallest absolute Gasteiger partial charge is 0.409 e. The highest BCUT2D eigenvalue weighted by molar-refractivity contribution is 5.68. The third kappa shape index (κ3) is 1.52. The Bertz CT molecular complexity index is 201. The number of methoxy groups -OCH3 is 1. The largest absolute Gasteiger partial charge is 0.453 e. The van der Waals surface area contributed by atoms with E-state index in [-0.39, 0.29) is 6.09 Å². The molecular formula is C10H17NO2. The summed E-state index contributed by atoms with van der Waals surface area (Å²) in [6, 6.07) is 0.487. The molecule has 74 valence electrons. The summed E-state index contributed by atoms with van der Waals surface area (Å²) in [7, 11) is 1.47. The van der Waals surface area contributed by atoms with Crippen LogP contribution in [0.3, 0.4) is 0 Å². The summed E-state index contributed by atoms with van der Waals surface area (Å²) < 4.78 is 4.77. The van der Waals surface area contributed by atoms with Gasteiger partial charge in [0.05, 0.1) is 7.11 Å². The lowest BCUT2D eigenvalue weighted by molar-refractivity contribution is 0.0895. The lowest BCUT2D eigenvalue weighted by atomic mass is 9.79. The molecule has 3 heteroatoms. The molecule has 0 radical (unpaired) electrons. The van der Waals surface area contributed by atoms with E-state index in [1.165, 1.54) is 32.8 Å². The molecule has 2 fully saturated rings. The highest BCUT2D eigenvalue weighted by Crippen LogP contribution is 2.37. The van der Waals surface area contributed by atoms with Crippen molar-refractivity contribution in [2.45, 2.75) is 38.1 Å². The van der Waals surface area contributed by atoms with Gasteiger partial charge in [-0.25, -0.2) is 4.79 Å². The molecule has 0 aromatic carbocycles. The third-order valence-corrected chi connectivity index (χ3v) is 3.40. The van der Waals surface area contributed by atoms with Gasteiger partial charge >= 0.3 is 6.09 Å². The summed E-state index contributed by atoms with van der Waals surface area (Å²) in [6.07, 6.45) is 6.15. The van der Waals surface area contributed by atoms with Gasteiger partial charge in [0.2, 0.25) is 0 Å². The van der Waals surface area contributed by atoms with E-state index >= 15 is 0 Å². The summed E-state index contributed by atoms with van der Waals surface area (Å²) in [4.78, 5) is 13.3. The quantitative estimate of drug-likeness (QED) is 0.622. The molecule has 1 amide bonds. The zero-order chi connectivity index (χ0) is 9.26. The maximum absolute atomic E-state index is 11.4. The normalized spacial score (nSPS) is 28.7. The van der Waals surface area contributed by atoms with Gasteiger partial charge in [0, 0.05) is 12.6 Å². The fraction of sp³-hybridized carbons (Fsp3) is 0.900. The van der Waals surface area contributed by atoms with Crippen LogP contribution in [0.5, 0.6) is 0 Å². The molecule has 1 heterocycles. The standard InChI is InChI=1S/C10H17NO2/c1-13-10(12)11-7-3-6-9(11)8-4-2-5-8/h8-9H,2-7H2,1H3. The average Bonchev–Trinajstić information content (AvgIpc) is 2.49. The molecule has 13 heavy (non-hydrogen) atoms. The maximum atomic E-state index is 11.4. The predicted octanol–water partition coefficient (Wildman–Crippen LogP) is 2.02. The molecule has 0 spiro atoms. The molecule has 1 aliphatic heterocycles. The molecule has 1 saturated carbocycles. The van der Waals surface area contributed by atoms with Gasteiger partial charge in [0.1, 0.15) is 0 Å². The van der Waals surface area contributed by atoms with Crippen LogP contribution in [-0.4, -0.2) is 30.7 Å². The zero-order valence-electron chi connectivity index (χ0n) is 8.16. The molecule has 1 aliphatic carbocycles. The van der Waals surface area contributed by atoms with E-state index in [2.05, 4.69) is 0 Å². The molecule has 0 aromatic rings. The van der Waals surface area contributed by atoms with Gasteiger partial charge in [0.15, 0.2) is 0 Å². The Morgan fingerprint density at radius 1 is 1.31 bits per heavy atom. The van der Waals surface area contributed by atoms with Crippen molar-refractivity contribution in [1.82, 2.24) is 4.90 Å². The Morgan fingerprint density at radius 3 is 2.62 bits per heavy atom. The molecule has 0 aromatic heterocycles. The lowest BCUT2D eigenvalue weighted by Gasteiger charge is -2.36. The number of carbonyl (C=O) groups is 1. The van der Waals surface area contributed by atoms with Crippen LogP contribution in [0.2, 0.25) is 0 Å². The van der Waals surface area contributed by atoms with Crippen LogP contribution >= 0.6 is 0 Å². The van der Waals surface area contributed by atoms with Gasteiger partial charge in [-0.05, 0) is 31.6 Å². The second-order valence-corrected chi connectivity index (χ2v) is 4.06. The van der Waals surface area contributed by atoms with E-state index in [1.54, 1.807) is 0 Å². The lowest BCUT2D eigenvalue weighted by Crippen LogP contribution is -2.42. The van der Waals surface area contributed by atoms with Crippen molar-refractivity contribution in [3.63, 3.8) is 0 Å². The Balaban J connectivity index is 1.96. The molecule has 2 rings (SSSR count). The topological polar surface area (TPSA) is 29.5 Å². The number of ether oxygens (including phenoxy) is 1. The van der Waals surface area contributed by atoms with Crippen molar-refractivity contribution < 1.29 is 9.53 Å². The molecule has 3 nitrogen and oxygen atoms in total. The van der Waals surface area contributed by atoms with E-state index in [9.17, 15) is 4.79 Å². The van der Waals surface area contributed by atoms with E-state index < -0.39 is 0 Å². The first-order valence-electron chi connectivity index (χ1n) is 5.17. The van der Waals surface area contributed by atoms with E-state index in [4.69, 9.17) is 4.74 Å². The minimum Gasteiger partial charge on any atom is -0.453 e. The summed E-state index contributed by atoms with van der Waals surface area (Å²) in [5, 5.41) is 0. The molecular weight excluding hydrogens is 166 g/mol. The van der Waals surface area contributed by atoms with Crippen molar-refractivity contribution in [2.75, 3.05) is 13.7 Å². The second-order valence-electron chi connectivity index (χ2n) is 4.06. The Hall–Kier alpha value is -0.730. The summed E-state index contributed by atoms with van der Waals surface area (Å²) in [5.74, 6) is 0.765. The SMILES string of the molecule is COC(=O)N1CCCC1C1CCC1. The van der Waals surface area contributed by atoms with Crippen LogP contribution < -0.4 is 0 Å². The number of rotatable bonds is 1. The molecule has 1 unspecified atom stereocenters. The highest BCUT2D eigenvalue weighted by Gasteiger charge is 2.37. The minimum atomic E-state index is -0.130.